The summed E-state index contributed by atoms with van der Waals surface area (Å²) in [6.07, 6.45) is 0.938. The molecule has 2 aromatic carbocycles. The molecule has 1 saturated heterocycles. The Balaban J connectivity index is 1.29. The zero-order valence-electron chi connectivity index (χ0n) is 16.5. The molecule has 0 radical (unpaired) electrons. The molecule has 1 aliphatic rings. The minimum atomic E-state index is -0.210. The Bertz CT molecular complexity index is 760. The lowest BCUT2D eigenvalue weighted by Crippen LogP contribution is -2.46. The summed E-state index contributed by atoms with van der Waals surface area (Å²) in [4.78, 5) is 17.0. The third kappa shape index (κ3) is 6.51. The number of benzene rings is 2. The van der Waals surface area contributed by atoms with E-state index in [1.54, 1.807) is 0 Å². The van der Waals surface area contributed by atoms with Crippen molar-refractivity contribution in [2.75, 3.05) is 44.6 Å². The molecule has 0 bridgehead atoms. The van der Waals surface area contributed by atoms with E-state index in [0.717, 1.165) is 51.3 Å². The number of carbonyl (C=O) groups excluding carboxylic acids is 1. The predicted molar refractivity (Wildman–Crippen MR) is 116 cm³/mol. The van der Waals surface area contributed by atoms with Gasteiger partial charge in [0.2, 0.25) is 0 Å². The van der Waals surface area contributed by atoms with Crippen LogP contribution in [0.1, 0.15) is 17.5 Å². The molecule has 0 unspecified atom stereocenters. The fraction of sp³-hybridized carbons (Fsp3) is 0.409. The van der Waals surface area contributed by atoms with Gasteiger partial charge in [0.1, 0.15) is 0 Å². The van der Waals surface area contributed by atoms with E-state index in [4.69, 9.17) is 11.6 Å². The summed E-state index contributed by atoms with van der Waals surface area (Å²) in [6.45, 7) is 9.00. The SMILES string of the molecule is Cc1ccc(NC(=O)NCCCN2CCN(Cc3ccccc3)CC2)c(Cl)c1. The van der Waals surface area contributed by atoms with E-state index in [1.807, 2.05) is 25.1 Å². The summed E-state index contributed by atoms with van der Waals surface area (Å²) in [5.74, 6) is 0. The molecule has 5 nitrogen and oxygen atoms in total. The fourth-order valence-electron chi connectivity index (χ4n) is 3.41. The van der Waals surface area contributed by atoms with Gasteiger partial charge < -0.3 is 15.5 Å². The van der Waals surface area contributed by atoms with Gasteiger partial charge in [0, 0.05) is 39.3 Å². The average molecular weight is 401 g/mol. The van der Waals surface area contributed by atoms with Crippen LogP contribution in [0, 0.1) is 6.92 Å². The van der Waals surface area contributed by atoms with Gasteiger partial charge in [-0.05, 0) is 43.1 Å². The van der Waals surface area contributed by atoms with E-state index in [2.05, 4.69) is 50.8 Å². The Morgan fingerprint density at radius 3 is 2.46 bits per heavy atom. The second-order valence-corrected chi connectivity index (χ2v) is 7.73. The van der Waals surface area contributed by atoms with Crippen LogP contribution < -0.4 is 10.6 Å². The highest BCUT2D eigenvalue weighted by atomic mass is 35.5. The van der Waals surface area contributed by atoms with Crippen LogP contribution in [0.15, 0.2) is 48.5 Å². The van der Waals surface area contributed by atoms with Gasteiger partial charge in [-0.1, -0.05) is 48.0 Å². The summed E-state index contributed by atoms with van der Waals surface area (Å²) >= 11 is 6.15. The van der Waals surface area contributed by atoms with Crippen molar-refractivity contribution in [1.29, 1.82) is 0 Å². The first-order chi connectivity index (χ1) is 13.6. The summed E-state index contributed by atoms with van der Waals surface area (Å²) in [5, 5.41) is 6.27. The van der Waals surface area contributed by atoms with E-state index in [9.17, 15) is 4.79 Å². The number of aryl methyl sites for hydroxylation is 1. The Hall–Kier alpha value is -2.08. The second kappa shape index (κ2) is 10.5. The first-order valence-corrected chi connectivity index (χ1v) is 10.3. The molecular formula is C22H29ClN4O. The van der Waals surface area contributed by atoms with Crippen LogP contribution in [0.4, 0.5) is 10.5 Å². The number of anilines is 1. The van der Waals surface area contributed by atoms with Gasteiger partial charge in [0.15, 0.2) is 0 Å². The maximum absolute atomic E-state index is 12.0. The van der Waals surface area contributed by atoms with E-state index < -0.39 is 0 Å². The van der Waals surface area contributed by atoms with Gasteiger partial charge in [0.05, 0.1) is 10.7 Å². The molecule has 2 N–H and O–H groups in total. The van der Waals surface area contributed by atoms with Crippen LogP contribution in [0.2, 0.25) is 5.02 Å². The standard InChI is InChI=1S/C22H29ClN4O/c1-18-8-9-21(20(23)16-18)25-22(28)24-10-5-11-26-12-14-27(15-13-26)17-19-6-3-2-4-7-19/h2-4,6-9,16H,5,10-15,17H2,1H3,(H2,24,25,28). The number of hydrogen-bond donors (Lipinski definition) is 2. The summed E-state index contributed by atoms with van der Waals surface area (Å²) in [6, 6.07) is 16.0. The van der Waals surface area contributed by atoms with Gasteiger partial charge >= 0.3 is 6.03 Å². The first-order valence-electron chi connectivity index (χ1n) is 9.90. The number of nitrogens with zero attached hydrogens (tertiary/aromatic N) is 2. The zero-order valence-corrected chi connectivity index (χ0v) is 17.2. The van der Waals surface area contributed by atoms with Crippen molar-refractivity contribution < 1.29 is 4.79 Å². The van der Waals surface area contributed by atoms with Gasteiger partial charge in [-0.2, -0.15) is 0 Å². The van der Waals surface area contributed by atoms with Crippen molar-refractivity contribution in [1.82, 2.24) is 15.1 Å². The molecule has 0 spiro atoms. The van der Waals surface area contributed by atoms with E-state index in [-0.39, 0.29) is 6.03 Å². The van der Waals surface area contributed by atoms with Gasteiger partial charge in [0.25, 0.3) is 0 Å². The maximum atomic E-state index is 12.0. The van der Waals surface area contributed by atoms with Gasteiger partial charge in [-0.15, -0.1) is 0 Å². The average Bonchev–Trinajstić information content (AvgIpc) is 2.69. The molecule has 0 aromatic heterocycles. The third-order valence-corrected chi connectivity index (χ3v) is 5.34. The Labute approximate surface area is 172 Å². The fourth-order valence-corrected chi connectivity index (χ4v) is 3.69. The number of carbonyl (C=O) groups is 1. The minimum Gasteiger partial charge on any atom is -0.338 e. The lowest BCUT2D eigenvalue weighted by molar-refractivity contribution is 0.126. The number of hydrogen-bond acceptors (Lipinski definition) is 3. The molecule has 1 aliphatic heterocycles. The van der Waals surface area contributed by atoms with Crippen molar-refractivity contribution in [2.45, 2.75) is 19.9 Å². The Kier molecular flexibility index (Phi) is 7.71. The van der Waals surface area contributed by atoms with Crippen molar-refractivity contribution >= 4 is 23.3 Å². The van der Waals surface area contributed by atoms with Crippen molar-refractivity contribution in [3.8, 4) is 0 Å². The molecular weight excluding hydrogens is 372 g/mol. The Morgan fingerprint density at radius 2 is 1.75 bits per heavy atom. The van der Waals surface area contributed by atoms with Crippen LogP contribution in [0.3, 0.4) is 0 Å². The molecule has 1 heterocycles. The zero-order chi connectivity index (χ0) is 19.8. The molecule has 28 heavy (non-hydrogen) atoms. The molecule has 6 heteroatoms. The van der Waals surface area contributed by atoms with Crippen molar-refractivity contribution in [2.24, 2.45) is 0 Å². The summed E-state index contributed by atoms with van der Waals surface area (Å²) in [5.41, 5.74) is 3.08. The molecule has 0 atom stereocenters. The van der Waals surface area contributed by atoms with Crippen LogP contribution in [0.5, 0.6) is 0 Å². The highest BCUT2D eigenvalue weighted by molar-refractivity contribution is 6.33. The second-order valence-electron chi connectivity index (χ2n) is 7.32. The van der Waals surface area contributed by atoms with E-state index in [0.29, 0.717) is 17.3 Å². The number of urea groups is 1. The lowest BCUT2D eigenvalue weighted by atomic mass is 10.2. The predicted octanol–water partition coefficient (Wildman–Crippen LogP) is 3.98. The van der Waals surface area contributed by atoms with Crippen molar-refractivity contribution in [3.05, 3.63) is 64.7 Å². The number of rotatable bonds is 7. The molecule has 150 valence electrons. The van der Waals surface area contributed by atoms with Gasteiger partial charge in [-0.3, -0.25) is 4.90 Å². The van der Waals surface area contributed by atoms with E-state index >= 15 is 0 Å². The van der Waals surface area contributed by atoms with Crippen molar-refractivity contribution in [3.63, 3.8) is 0 Å². The smallest absolute Gasteiger partial charge is 0.319 e. The number of amides is 2. The normalized spacial score (nSPS) is 15.4. The summed E-state index contributed by atoms with van der Waals surface area (Å²) in [7, 11) is 0. The van der Waals surface area contributed by atoms with Crippen LogP contribution in [-0.2, 0) is 6.54 Å². The topological polar surface area (TPSA) is 47.6 Å². The number of nitrogens with one attached hydrogen (secondary N) is 2. The molecule has 0 saturated carbocycles. The molecule has 0 aliphatic carbocycles. The molecule has 2 amide bonds. The first kappa shape index (κ1) is 20.6. The largest absolute Gasteiger partial charge is 0.338 e. The molecule has 3 rings (SSSR count). The number of halogens is 1. The lowest BCUT2D eigenvalue weighted by Gasteiger charge is -2.34. The summed E-state index contributed by atoms with van der Waals surface area (Å²) < 4.78 is 0. The monoisotopic (exact) mass is 400 g/mol. The van der Waals surface area contributed by atoms with E-state index in [1.165, 1.54) is 5.56 Å². The highest BCUT2D eigenvalue weighted by Gasteiger charge is 2.16. The number of piperazine rings is 1. The van der Waals surface area contributed by atoms with Gasteiger partial charge in [-0.25, -0.2) is 4.79 Å². The quantitative estimate of drug-likeness (QED) is 0.691. The molecule has 1 fully saturated rings. The minimum absolute atomic E-state index is 0.210. The van der Waals surface area contributed by atoms with Crippen LogP contribution >= 0.6 is 11.6 Å². The Morgan fingerprint density at radius 1 is 1.04 bits per heavy atom. The maximum Gasteiger partial charge on any atom is 0.319 e. The molecule has 2 aromatic rings. The highest BCUT2D eigenvalue weighted by Crippen LogP contribution is 2.22. The van der Waals surface area contributed by atoms with Crippen LogP contribution in [0.25, 0.3) is 0 Å². The van der Waals surface area contributed by atoms with Crippen LogP contribution in [-0.4, -0.2) is 55.1 Å². The third-order valence-electron chi connectivity index (χ3n) is 5.02.